The van der Waals surface area contributed by atoms with Gasteiger partial charge in [0.05, 0.1) is 18.4 Å². The summed E-state index contributed by atoms with van der Waals surface area (Å²) in [5.74, 6) is -0.444. The SMILES string of the molecule is CCOC(=O)/C=C/c1ccc(NC(=O)NC2CCN(C(=O)c3ccoc3)CC2)cc1. The Morgan fingerprint density at radius 1 is 1.17 bits per heavy atom. The molecule has 1 aromatic carbocycles. The number of anilines is 1. The van der Waals surface area contributed by atoms with E-state index in [9.17, 15) is 14.4 Å². The molecule has 8 nitrogen and oxygen atoms in total. The summed E-state index contributed by atoms with van der Waals surface area (Å²) in [6, 6.07) is 8.48. The van der Waals surface area contributed by atoms with Crippen molar-refractivity contribution in [2.75, 3.05) is 25.0 Å². The number of hydrogen-bond donors (Lipinski definition) is 2. The normalized spacial score (nSPS) is 14.5. The van der Waals surface area contributed by atoms with E-state index in [-0.39, 0.29) is 18.0 Å². The second-order valence-electron chi connectivity index (χ2n) is 6.88. The van der Waals surface area contributed by atoms with Crippen molar-refractivity contribution in [2.24, 2.45) is 0 Å². The Balaban J connectivity index is 1.42. The van der Waals surface area contributed by atoms with E-state index < -0.39 is 5.97 Å². The molecule has 158 valence electrons. The van der Waals surface area contributed by atoms with Crippen LogP contribution in [0.3, 0.4) is 0 Å². The quantitative estimate of drug-likeness (QED) is 0.561. The second kappa shape index (κ2) is 10.3. The summed E-state index contributed by atoms with van der Waals surface area (Å²) in [7, 11) is 0. The fraction of sp³-hybridized carbons (Fsp3) is 0.318. The molecule has 0 bridgehead atoms. The van der Waals surface area contributed by atoms with Gasteiger partial charge in [-0.25, -0.2) is 9.59 Å². The maximum atomic E-state index is 12.3. The molecule has 1 fully saturated rings. The zero-order valence-electron chi connectivity index (χ0n) is 16.8. The summed E-state index contributed by atoms with van der Waals surface area (Å²) < 4.78 is 9.79. The average molecular weight is 411 g/mol. The number of likely N-dealkylation sites (tertiary alicyclic amines) is 1. The second-order valence-corrected chi connectivity index (χ2v) is 6.88. The minimum absolute atomic E-state index is 0.00480. The zero-order chi connectivity index (χ0) is 21.3. The van der Waals surface area contributed by atoms with Crippen LogP contribution in [-0.2, 0) is 9.53 Å². The van der Waals surface area contributed by atoms with Gasteiger partial charge in [-0.3, -0.25) is 4.79 Å². The van der Waals surface area contributed by atoms with Crippen molar-refractivity contribution in [3.05, 3.63) is 60.1 Å². The van der Waals surface area contributed by atoms with Gasteiger partial charge in [0.15, 0.2) is 0 Å². The van der Waals surface area contributed by atoms with Gasteiger partial charge in [0.25, 0.3) is 5.91 Å². The molecule has 0 spiro atoms. The number of piperidine rings is 1. The van der Waals surface area contributed by atoms with Gasteiger partial charge in [-0.2, -0.15) is 0 Å². The van der Waals surface area contributed by atoms with Crippen molar-refractivity contribution in [2.45, 2.75) is 25.8 Å². The first-order valence-electron chi connectivity index (χ1n) is 9.89. The highest BCUT2D eigenvalue weighted by atomic mass is 16.5. The van der Waals surface area contributed by atoms with Gasteiger partial charge in [0, 0.05) is 30.9 Å². The van der Waals surface area contributed by atoms with Crippen molar-refractivity contribution in [3.63, 3.8) is 0 Å². The number of carbonyl (C=O) groups is 3. The van der Waals surface area contributed by atoms with Crippen LogP contribution in [0.4, 0.5) is 10.5 Å². The van der Waals surface area contributed by atoms with Crippen LogP contribution < -0.4 is 10.6 Å². The molecule has 1 aliphatic heterocycles. The Morgan fingerprint density at radius 2 is 1.90 bits per heavy atom. The number of esters is 1. The van der Waals surface area contributed by atoms with Gasteiger partial charge in [0.1, 0.15) is 6.26 Å². The van der Waals surface area contributed by atoms with Gasteiger partial charge in [-0.15, -0.1) is 0 Å². The minimum Gasteiger partial charge on any atom is -0.472 e. The summed E-state index contributed by atoms with van der Waals surface area (Å²) >= 11 is 0. The highest BCUT2D eigenvalue weighted by molar-refractivity contribution is 5.94. The lowest BCUT2D eigenvalue weighted by Gasteiger charge is -2.32. The predicted octanol–water partition coefficient (Wildman–Crippen LogP) is 3.28. The monoisotopic (exact) mass is 411 g/mol. The standard InChI is InChI=1S/C22H25N3O5/c1-2-30-20(26)8-5-16-3-6-18(7-4-16)23-22(28)24-19-9-12-25(13-10-19)21(27)17-11-14-29-15-17/h3-8,11,14-15,19H,2,9-10,12-13H2,1H3,(H2,23,24,28)/b8-5+. The number of benzene rings is 1. The molecular weight excluding hydrogens is 386 g/mol. The molecule has 2 N–H and O–H groups in total. The number of ether oxygens (including phenoxy) is 1. The molecule has 2 heterocycles. The number of hydrogen-bond acceptors (Lipinski definition) is 5. The lowest BCUT2D eigenvalue weighted by Crippen LogP contribution is -2.47. The van der Waals surface area contributed by atoms with Gasteiger partial charge in [-0.05, 0) is 49.6 Å². The first-order valence-corrected chi connectivity index (χ1v) is 9.89. The smallest absolute Gasteiger partial charge is 0.330 e. The van der Waals surface area contributed by atoms with E-state index >= 15 is 0 Å². The molecule has 0 unspecified atom stereocenters. The number of urea groups is 1. The van der Waals surface area contributed by atoms with Crippen LogP contribution in [0.5, 0.6) is 0 Å². The topological polar surface area (TPSA) is 101 Å². The third-order valence-electron chi connectivity index (χ3n) is 4.75. The van der Waals surface area contributed by atoms with Crippen molar-refractivity contribution in [1.82, 2.24) is 10.2 Å². The Kier molecular flexibility index (Phi) is 7.26. The van der Waals surface area contributed by atoms with Crippen LogP contribution in [0.25, 0.3) is 6.08 Å². The van der Waals surface area contributed by atoms with E-state index in [0.29, 0.717) is 43.8 Å². The Hall–Kier alpha value is -3.55. The van der Waals surface area contributed by atoms with Gasteiger partial charge in [-0.1, -0.05) is 12.1 Å². The lowest BCUT2D eigenvalue weighted by atomic mass is 10.0. The van der Waals surface area contributed by atoms with E-state index in [2.05, 4.69) is 10.6 Å². The maximum Gasteiger partial charge on any atom is 0.330 e. The fourth-order valence-corrected chi connectivity index (χ4v) is 3.18. The largest absolute Gasteiger partial charge is 0.472 e. The molecule has 30 heavy (non-hydrogen) atoms. The molecule has 1 saturated heterocycles. The van der Waals surface area contributed by atoms with E-state index in [1.807, 2.05) is 0 Å². The van der Waals surface area contributed by atoms with Crippen molar-refractivity contribution in [3.8, 4) is 0 Å². The molecule has 1 aromatic heterocycles. The minimum atomic E-state index is -0.392. The maximum absolute atomic E-state index is 12.3. The van der Waals surface area contributed by atoms with Crippen LogP contribution >= 0.6 is 0 Å². The molecular formula is C22H25N3O5. The summed E-state index contributed by atoms with van der Waals surface area (Å²) in [5, 5.41) is 5.75. The molecule has 8 heteroatoms. The first-order chi connectivity index (χ1) is 14.5. The number of rotatable bonds is 6. The number of nitrogens with zero attached hydrogens (tertiary/aromatic N) is 1. The molecule has 0 radical (unpaired) electrons. The van der Waals surface area contributed by atoms with Gasteiger partial charge >= 0.3 is 12.0 Å². The summed E-state index contributed by atoms with van der Waals surface area (Å²) in [6.45, 7) is 3.25. The van der Waals surface area contributed by atoms with E-state index in [4.69, 9.17) is 9.15 Å². The Bertz CT molecular complexity index is 882. The van der Waals surface area contributed by atoms with Crippen molar-refractivity contribution < 1.29 is 23.5 Å². The Labute approximate surface area is 174 Å². The van der Waals surface area contributed by atoms with Crippen molar-refractivity contribution in [1.29, 1.82) is 0 Å². The fourth-order valence-electron chi connectivity index (χ4n) is 3.18. The molecule has 1 aliphatic rings. The van der Waals surface area contributed by atoms with E-state index in [1.54, 1.807) is 48.2 Å². The van der Waals surface area contributed by atoms with E-state index in [1.165, 1.54) is 18.6 Å². The lowest BCUT2D eigenvalue weighted by molar-refractivity contribution is -0.137. The Morgan fingerprint density at radius 3 is 2.53 bits per heavy atom. The third kappa shape index (κ3) is 5.97. The summed E-state index contributed by atoms with van der Waals surface area (Å²) in [5.41, 5.74) is 2.01. The molecule has 0 aliphatic carbocycles. The van der Waals surface area contributed by atoms with Crippen LogP contribution in [0.2, 0.25) is 0 Å². The van der Waals surface area contributed by atoms with Crippen LogP contribution in [0.1, 0.15) is 35.7 Å². The number of carbonyl (C=O) groups excluding carboxylic acids is 3. The van der Waals surface area contributed by atoms with E-state index in [0.717, 1.165) is 5.56 Å². The van der Waals surface area contributed by atoms with Crippen LogP contribution in [0.15, 0.2) is 53.4 Å². The molecule has 3 amide bonds. The molecule has 0 saturated carbocycles. The van der Waals surface area contributed by atoms with Crippen LogP contribution in [0, 0.1) is 0 Å². The number of nitrogens with one attached hydrogen (secondary N) is 2. The number of amides is 3. The highest BCUT2D eigenvalue weighted by Crippen LogP contribution is 2.15. The first kappa shape index (κ1) is 21.2. The highest BCUT2D eigenvalue weighted by Gasteiger charge is 2.25. The predicted molar refractivity (Wildman–Crippen MR) is 112 cm³/mol. The molecule has 0 atom stereocenters. The molecule has 2 aromatic rings. The summed E-state index contributed by atoms with van der Waals surface area (Å²) in [6.07, 6.45) is 7.32. The average Bonchev–Trinajstić information content (AvgIpc) is 3.28. The van der Waals surface area contributed by atoms with Crippen molar-refractivity contribution >= 4 is 29.7 Å². The number of furan rings is 1. The zero-order valence-corrected chi connectivity index (χ0v) is 16.8. The van der Waals surface area contributed by atoms with Gasteiger partial charge < -0.3 is 24.7 Å². The summed E-state index contributed by atoms with van der Waals surface area (Å²) in [4.78, 5) is 37.7. The van der Waals surface area contributed by atoms with Crippen LogP contribution in [-0.4, -0.2) is 48.5 Å². The third-order valence-corrected chi connectivity index (χ3v) is 4.75. The van der Waals surface area contributed by atoms with Gasteiger partial charge in [0.2, 0.25) is 0 Å². The molecule has 3 rings (SSSR count).